The summed E-state index contributed by atoms with van der Waals surface area (Å²) in [5, 5.41) is 29.6. The molecule has 0 saturated carbocycles. The van der Waals surface area contributed by atoms with Gasteiger partial charge in [0.2, 0.25) is 0 Å². The fourth-order valence-corrected chi connectivity index (χ4v) is 3.48. The number of aliphatic imine (C=N–C) groups is 1. The molecule has 16 heteroatoms. The summed E-state index contributed by atoms with van der Waals surface area (Å²) in [7, 11) is 0.446. The van der Waals surface area contributed by atoms with Crippen LogP contribution in [0.5, 0.6) is 0 Å². The Morgan fingerprint density at radius 3 is 2.44 bits per heavy atom. The number of alkyl carbamates (subject to hydrolysis) is 1. The Morgan fingerprint density at radius 2 is 2.00 bits per heavy atom. The van der Waals surface area contributed by atoms with Crippen LogP contribution in [0, 0.1) is 16.3 Å². The molecule has 0 bridgehead atoms. The number of nitro groups is 1. The van der Waals surface area contributed by atoms with Crippen molar-refractivity contribution in [2.24, 2.45) is 10.7 Å². The summed E-state index contributed by atoms with van der Waals surface area (Å²) in [6.45, 7) is 6.72. The molecule has 0 aromatic carbocycles. The number of hydrazine groups is 1. The third kappa shape index (κ3) is 16.4. The van der Waals surface area contributed by atoms with Gasteiger partial charge in [-0.25, -0.2) is 24.7 Å². The van der Waals surface area contributed by atoms with E-state index in [1.165, 1.54) is 18.5 Å². The second kappa shape index (κ2) is 19.4. The summed E-state index contributed by atoms with van der Waals surface area (Å²) in [6.07, 6.45) is 5.97. The first-order valence-electron chi connectivity index (χ1n) is 9.60. The third-order valence-corrected chi connectivity index (χ3v) is 6.52. The number of carbonyl (C=O) groups excluding carboxylic acids is 1. The first kappa shape index (κ1) is 31.9. The maximum absolute atomic E-state index is 11.5. The normalized spacial score (nSPS) is 11.4. The minimum absolute atomic E-state index is 0. The maximum atomic E-state index is 11.5. The van der Waals surface area contributed by atoms with E-state index >= 15 is 0 Å². The average molecular weight is 658 g/mol. The topological polar surface area (TPSA) is 211 Å². The summed E-state index contributed by atoms with van der Waals surface area (Å²) in [5.41, 5.74) is 7.16. The van der Waals surface area contributed by atoms with E-state index in [0.29, 0.717) is 13.6 Å². The number of aromatic amines is 1. The molecule has 1 heterocycles. The van der Waals surface area contributed by atoms with Gasteiger partial charge in [0.05, 0.1) is 0 Å². The Bertz CT molecular complexity index is 685. The molecule has 0 spiro atoms. The first-order chi connectivity index (χ1) is 14.7. The van der Waals surface area contributed by atoms with E-state index in [-0.39, 0.29) is 48.4 Å². The molecule has 0 radical (unpaired) electrons. The number of rotatable bonds is 12. The Labute approximate surface area is 202 Å². The number of H-pyrrole nitrogens is 1. The van der Waals surface area contributed by atoms with Crippen LogP contribution in [0.25, 0.3) is 0 Å². The van der Waals surface area contributed by atoms with Gasteiger partial charge in [-0.3, -0.25) is 5.10 Å². The van der Waals surface area contributed by atoms with Gasteiger partial charge in [0.15, 0.2) is 5.03 Å². The fraction of sp³-hybridized carbons (Fsp3) is 0.688. The number of carbonyl (C=O) groups is 2. The molecule has 0 saturated heterocycles. The fourth-order valence-electron chi connectivity index (χ4n) is 2.13. The summed E-state index contributed by atoms with van der Waals surface area (Å²) in [5.74, 6) is -1.66. The Kier molecular flexibility index (Phi) is 19.4. The average Bonchev–Trinajstić information content (AvgIpc) is 3.23. The molecule has 186 valence electrons. The molecule has 0 aliphatic rings. The van der Waals surface area contributed by atoms with Gasteiger partial charge in [0.25, 0.3) is 5.96 Å². The van der Waals surface area contributed by atoms with Crippen molar-refractivity contribution in [1.82, 2.24) is 26.2 Å². The largest absolute Gasteiger partial charge is 1.00 e. The van der Waals surface area contributed by atoms with E-state index in [1.807, 2.05) is 0 Å². The number of carboxylic acids is 1. The third-order valence-electron chi connectivity index (χ3n) is 3.84. The molecule has 6 N–H and O–H groups in total. The van der Waals surface area contributed by atoms with Crippen LogP contribution in [0.3, 0.4) is 0 Å². The Balaban J connectivity index is 0. The van der Waals surface area contributed by atoms with Crippen molar-refractivity contribution in [2.45, 2.75) is 46.3 Å². The van der Waals surface area contributed by atoms with Crippen LogP contribution in [-0.2, 0) is 38.5 Å². The van der Waals surface area contributed by atoms with E-state index in [1.54, 1.807) is 5.43 Å². The quantitative estimate of drug-likeness (QED) is 0.0310. The second-order valence-electron chi connectivity index (χ2n) is 5.91. The monoisotopic (exact) mass is 658 g/mol. The van der Waals surface area contributed by atoms with Gasteiger partial charge < -0.3 is 32.2 Å². The van der Waals surface area contributed by atoms with Crippen molar-refractivity contribution < 1.29 is 46.8 Å². The predicted octanol–water partition coefficient (Wildman–Crippen LogP) is 0.686. The van der Waals surface area contributed by atoms with Gasteiger partial charge in [-0.1, -0.05) is 31.9 Å². The minimum Gasteiger partial charge on any atom is -0.480 e. The second-order valence-corrected chi connectivity index (χ2v) is 9.15. The molecule has 1 aromatic rings. The van der Waals surface area contributed by atoms with Gasteiger partial charge in [0.1, 0.15) is 12.6 Å². The van der Waals surface area contributed by atoms with Crippen LogP contribution in [0.2, 0.25) is 0 Å². The van der Waals surface area contributed by atoms with Crippen LogP contribution in [0.4, 0.5) is 4.79 Å². The zero-order valence-electron chi connectivity index (χ0n) is 18.1. The molecule has 1 rings (SSSR count). The number of hydrogen-bond acceptors (Lipinski definition) is 8. The molecule has 1 atom stereocenters. The maximum Gasteiger partial charge on any atom is 1.00 e. The Hall–Kier alpha value is -2.28. The smallest absolute Gasteiger partial charge is 0.480 e. The molecule has 1 aromatic heterocycles. The first-order valence-corrected chi connectivity index (χ1v) is 11.5. The summed E-state index contributed by atoms with van der Waals surface area (Å²) < 4.78 is 4.77. The summed E-state index contributed by atoms with van der Waals surface area (Å²) >= 11 is 0. The molecular weight excluding hydrogens is 628 g/mol. The minimum atomic E-state index is -1.26. The van der Waals surface area contributed by atoms with Crippen LogP contribution < -0.4 is 16.5 Å². The van der Waals surface area contributed by atoms with Crippen LogP contribution in [0.15, 0.2) is 4.99 Å². The van der Waals surface area contributed by atoms with Gasteiger partial charge >= 0.3 is 34.4 Å². The van der Waals surface area contributed by atoms with E-state index in [2.05, 4.69) is 52.7 Å². The molecule has 1 amide bonds. The number of nitrogens with two attached hydrogens (primary N) is 1. The van der Waals surface area contributed by atoms with Gasteiger partial charge in [-0.2, -0.15) is 0 Å². The van der Waals surface area contributed by atoms with Crippen LogP contribution in [-0.4, -0.2) is 74.6 Å². The van der Waals surface area contributed by atoms with Crippen molar-refractivity contribution in [3.05, 3.63) is 22.0 Å². The van der Waals surface area contributed by atoms with Crippen LogP contribution >= 0.6 is 7.92 Å². The number of nitrogens with zero attached hydrogens (tertiary/aromatic N) is 4. The number of amides is 1. The van der Waals surface area contributed by atoms with E-state index in [4.69, 9.17) is 15.6 Å². The SMILES string of the molecule is CCP(CC)CC.NC(=NCCC[C@H](NC(=O)OCc1[c-]nn[nH]1)C(=O)O)N[N+](=O)[O-].[Au+]. The molecule has 0 unspecified atom stereocenters. The van der Waals surface area contributed by atoms with E-state index in [0.717, 1.165) is 0 Å². The standard InChI is InChI=1S/C10H15N8O6.C6H15P.Au/c11-9(16-18(22)23)12-3-1-2-7(8(19)20)14-10(21)24-5-6-4-13-17-15-6;1-4-7(5-2)6-3;/h7H,1-3,5H2,(H,14,21)(H,19,20)(H3,11,12,16)(H,13,15,17);4-6H2,1-3H3;/q-1;;+1/t7-;;/m0../s1. The molecule has 14 nitrogen and oxygen atoms in total. The van der Waals surface area contributed by atoms with E-state index in [9.17, 15) is 19.7 Å². The van der Waals surface area contributed by atoms with E-state index < -0.39 is 29.1 Å². The summed E-state index contributed by atoms with van der Waals surface area (Å²) in [4.78, 5) is 36.3. The van der Waals surface area contributed by atoms with Gasteiger partial charge in [0, 0.05) is 6.54 Å². The number of guanidine groups is 1. The van der Waals surface area contributed by atoms with Crippen molar-refractivity contribution in [3.8, 4) is 0 Å². The number of aliphatic carboxylic acids is 1. The number of hydrogen-bond donors (Lipinski definition) is 5. The van der Waals surface area contributed by atoms with Crippen molar-refractivity contribution in [2.75, 3.05) is 25.0 Å². The molecule has 0 fully saturated rings. The van der Waals surface area contributed by atoms with Gasteiger partial charge in [-0.05, 0) is 31.3 Å². The zero-order chi connectivity index (χ0) is 23.6. The molecule has 0 aliphatic heterocycles. The Morgan fingerprint density at radius 1 is 1.38 bits per heavy atom. The molecule has 0 aliphatic carbocycles. The van der Waals surface area contributed by atoms with Crippen molar-refractivity contribution >= 4 is 25.9 Å². The summed E-state index contributed by atoms with van der Waals surface area (Å²) in [6, 6.07) is -1.21. The predicted molar refractivity (Wildman–Crippen MR) is 114 cm³/mol. The number of nitrogens with one attached hydrogen (secondary N) is 3. The van der Waals surface area contributed by atoms with Gasteiger partial charge in [-0.15, -0.1) is 13.1 Å². The number of carboxylic acid groups (broad SMARTS) is 1. The molecule has 32 heavy (non-hydrogen) atoms. The number of aromatic nitrogens is 3. The van der Waals surface area contributed by atoms with Crippen LogP contribution in [0.1, 0.15) is 39.3 Å². The molecular formula is C16H30AuN8O6P. The van der Waals surface area contributed by atoms with Crippen molar-refractivity contribution in [3.63, 3.8) is 0 Å². The van der Waals surface area contributed by atoms with Crippen molar-refractivity contribution in [1.29, 1.82) is 0 Å². The zero-order valence-corrected chi connectivity index (χ0v) is 21.2. The number of ether oxygens (including phenoxy) is 1.